The maximum absolute atomic E-state index is 11.8. The van der Waals surface area contributed by atoms with E-state index in [1.165, 1.54) is 18.2 Å². The fraction of sp³-hybridized carbons (Fsp3) is 0.118. The predicted octanol–water partition coefficient (Wildman–Crippen LogP) is 3.65. The molecule has 0 aliphatic carbocycles. The first kappa shape index (κ1) is 20.0. The summed E-state index contributed by atoms with van der Waals surface area (Å²) in [6, 6.07) is 9.38. The normalized spacial score (nSPS) is 10.2. The third-order valence-electron chi connectivity index (χ3n) is 3.19. The summed E-state index contributed by atoms with van der Waals surface area (Å²) >= 11 is 17.6. The topological polar surface area (TPSA) is 87.3 Å². The van der Waals surface area contributed by atoms with Crippen LogP contribution in [0.15, 0.2) is 36.4 Å². The quantitative estimate of drug-likeness (QED) is 0.667. The standard InChI is InChI=1S/C17H14Cl3N3O3/c1-9-2-3-12(7-14(9)20)22-15(24)8-21-16(25)17(26)23-13-5-10(18)4-11(19)6-13/h2-7H,8H2,1H3,(H,21,25)(H,22,24)(H,23,26). The number of benzene rings is 2. The smallest absolute Gasteiger partial charge is 0.313 e. The number of aryl methyl sites for hydroxylation is 1. The molecule has 6 nitrogen and oxygen atoms in total. The predicted molar refractivity (Wildman–Crippen MR) is 103 cm³/mol. The molecular weight excluding hydrogens is 401 g/mol. The Labute approximate surface area is 164 Å². The zero-order chi connectivity index (χ0) is 19.3. The zero-order valence-corrected chi connectivity index (χ0v) is 15.8. The fourth-order valence-electron chi connectivity index (χ4n) is 1.93. The Balaban J connectivity index is 1.85. The van der Waals surface area contributed by atoms with Gasteiger partial charge in [-0.05, 0) is 42.8 Å². The number of nitrogens with one attached hydrogen (secondary N) is 3. The molecule has 0 spiro atoms. The van der Waals surface area contributed by atoms with Crippen LogP contribution in [-0.4, -0.2) is 24.3 Å². The summed E-state index contributed by atoms with van der Waals surface area (Å²) in [6.07, 6.45) is 0. The maximum atomic E-state index is 11.8. The molecule has 0 saturated heterocycles. The van der Waals surface area contributed by atoms with Gasteiger partial charge in [-0.3, -0.25) is 14.4 Å². The Hall–Kier alpha value is -2.28. The van der Waals surface area contributed by atoms with E-state index in [0.29, 0.717) is 20.8 Å². The van der Waals surface area contributed by atoms with E-state index in [2.05, 4.69) is 16.0 Å². The second kappa shape index (κ2) is 8.89. The summed E-state index contributed by atoms with van der Waals surface area (Å²) in [5, 5.41) is 8.25. The molecule has 2 aromatic carbocycles. The molecule has 9 heteroatoms. The van der Waals surface area contributed by atoms with Crippen LogP contribution >= 0.6 is 34.8 Å². The van der Waals surface area contributed by atoms with E-state index in [9.17, 15) is 14.4 Å². The van der Waals surface area contributed by atoms with Crippen molar-refractivity contribution >= 4 is 63.9 Å². The highest BCUT2D eigenvalue weighted by molar-refractivity contribution is 6.40. The molecule has 0 saturated carbocycles. The van der Waals surface area contributed by atoms with Gasteiger partial charge in [-0.25, -0.2) is 0 Å². The summed E-state index contributed by atoms with van der Waals surface area (Å²) in [6.45, 7) is 1.45. The number of rotatable bonds is 4. The van der Waals surface area contributed by atoms with Gasteiger partial charge in [0, 0.05) is 26.4 Å². The summed E-state index contributed by atoms with van der Waals surface area (Å²) in [5.41, 5.74) is 1.62. The van der Waals surface area contributed by atoms with Crippen molar-refractivity contribution < 1.29 is 14.4 Å². The van der Waals surface area contributed by atoms with Gasteiger partial charge in [0.25, 0.3) is 0 Å². The van der Waals surface area contributed by atoms with Gasteiger partial charge >= 0.3 is 11.8 Å². The fourth-order valence-corrected chi connectivity index (χ4v) is 2.64. The van der Waals surface area contributed by atoms with E-state index >= 15 is 0 Å². The van der Waals surface area contributed by atoms with Gasteiger partial charge < -0.3 is 16.0 Å². The first-order chi connectivity index (χ1) is 12.2. The van der Waals surface area contributed by atoms with Crippen molar-refractivity contribution in [2.24, 2.45) is 0 Å². The molecule has 2 aromatic rings. The van der Waals surface area contributed by atoms with Crippen molar-refractivity contribution in [3.05, 3.63) is 57.0 Å². The van der Waals surface area contributed by atoms with Crippen molar-refractivity contribution in [2.75, 3.05) is 17.2 Å². The Morgan fingerprint density at radius 2 is 1.50 bits per heavy atom. The van der Waals surface area contributed by atoms with Crippen LogP contribution in [0.3, 0.4) is 0 Å². The molecule has 2 rings (SSSR count). The van der Waals surface area contributed by atoms with Gasteiger partial charge in [-0.1, -0.05) is 40.9 Å². The van der Waals surface area contributed by atoms with Crippen LogP contribution in [0.5, 0.6) is 0 Å². The Morgan fingerprint density at radius 1 is 0.846 bits per heavy atom. The van der Waals surface area contributed by atoms with Gasteiger partial charge in [-0.2, -0.15) is 0 Å². The molecule has 0 unspecified atom stereocenters. The average molecular weight is 415 g/mol. The third kappa shape index (κ3) is 5.91. The molecule has 0 fully saturated rings. The van der Waals surface area contributed by atoms with Crippen molar-refractivity contribution in [3.8, 4) is 0 Å². The molecule has 3 N–H and O–H groups in total. The van der Waals surface area contributed by atoms with Gasteiger partial charge in [-0.15, -0.1) is 0 Å². The largest absolute Gasteiger partial charge is 0.339 e. The third-order valence-corrected chi connectivity index (χ3v) is 4.04. The van der Waals surface area contributed by atoms with Crippen LogP contribution in [0.1, 0.15) is 5.56 Å². The molecule has 0 aliphatic heterocycles. The van der Waals surface area contributed by atoms with Crippen molar-refractivity contribution in [2.45, 2.75) is 6.92 Å². The maximum Gasteiger partial charge on any atom is 0.313 e. The molecule has 3 amide bonds. The molecule has 0 aliphatic rings. The van der Waals surface area contributed by atoms with Gasteiger partial charge in [0.1, 0.15) is 0 Å². The number of hydrogen-bond donors (Lipinski definition) is 3. The van der Waals surface area contributed by atoms with Crippen molar-refractivity contribution in [1.82, 2.24) is 5.32 Å². The highest BCUT2D eigenvalue weighted by atomic mass is 35.5. The summed E-state index contributed by atoms with van der Waals surface area (Å²) < 4.78 is 0. The molecule has 0 bridgehead atoms. The Morgan fingerprint density at radius 3 is 2.12 bits per heavy atom. The highest BCUT2D eigenvalue weighted by Crippen LogP contribution is 2.22. The molecular formula is C17H14Cl3N3O3. The van der Waals surface area contributed by atoms with Gasteiger partial charge in [0.05, 0.1) is 6.54 Å². The minimum atomic E-state index is -0.974. The lowest BCUT2D eigenvalue weighted by Crippen LogP contribution is -2.39. The van der Waals surface area contributed by atoms with Crippen LogP contribution < -0.4 is 16.0 Å². The first-order valence-electron chi connectivity index (χ1n) is 7.36. The van der Waals surface area contributed by atoms with E-state index in [0.717, 1.165) is 5.56 Å². The lowest BCUT2D eigenvalue weighted by atomic mass is 10.2. The highest BCUT2D eigenvalue weighted by Gasteiger charge is 2.15. The zero-order valence-electron chi connectivity index (χ0n) is 13.5. The first-order valence-corrected chi connectivity index (χ1v) is 8.49. The molecule has 0 heterocycles. The number of hydrogen-bond acceptors (Lipinski definition) is 3. The number of halogens is 3. The van der Waals surface area contributed by atoms with Gasteiger partial charge in [0.15, 0.2) is 0 Å². The SMILES string of the molecule is Cc1ccc(NC(=O)CNC(=O)C(=O)Nc2cc(Cl)cc(Cl)c2)cc1Cl. The monoisotopic (exact) mass is 413 g/mol. The lowest BCUT2D eigenvalue weighted by Gasteiger charge is -2.09. The van der Waals surface area contributed by atoms with Crippen LogP contribution in [0.2, 0.25) is 15.1 Å². The number of amides is 3. The molecule has 0 radical (unpaired) electrons. The summed E-state index contributed by atoms with van der Waals surface area (Å²) in [4.78, 5) is 35.5. The minimum absolute atomic E-state index is 0.265. The van der Waals surface area contributed by atoms with Crippen molar-refractivity contribution in [1.29, 1.82) is 0 Å². The second-order valence-corrected chi connectivity index (χ2v) is 6.59. The number of carbonyl (C=O) groups is 3. The average Bonchev–Trinajstić information content (AvgIpc) is 2.55. The number of carbonyl (C=O) groups excluding carboxylic acids is 3. The summed E-state index contributed by atoms with van der Waals surface area (Å²) in [7, 11) is 0. The van der Waals surface area contributed by atoms with E-state index in [1.807, 2.05) is 6.92 Å². The van der Waals surface area contributed by atoms with Crippen LogP contribution in [0, 0.1) is 6.92 Å². The van der Waals surface area contributed by atoms with E-state index in [4.69, 9.17) is 34.8 Å². The van der Waals surface area contributed by atoms with Crippen LogP contribution in [0.4, 0.5) is 11.4 Å². The molecule has 0 atom stereocenters. The van der Waals surface area contributed by atoms with E-state index in [1.54, 1.807) is 18.2 Å². The van der Waals surface area contributed by atoms with Crippen LogP contribution in [0.25, 0.3) is 0 Å². The van der Waals surface area contributed by atoms with E-state index < -0.39 is 17.7 Å². The molecule has 0 aromatic heterocycles. The van der Waals surface area contributed by atoms with Crippen molar-refractivity contribution in [3.63, 3.8) is 0 Å². The van der Waals surface area contributed by atoms with E-state index in [-0.39, 0.29) is 12.2 Å². The molecule has 136 valence electrons. The Bertz CT molecular complexity index is 851. The number of anilines is 2. The van der Waals surface area contributed by atoms with Crippen LogP contribution in [-0.2, 0) is 14.4 Å². The second-order valence-electron chi connectivity index (χ2n) is 5.31. The minimum Gasteiger partial charge on any atom is -0.339 e. The van der Waals surface area contributed by atoms with Gasteiger partial charge in [0.2, 0.25) is 5.91 Å². The lowest BCUT2D eigenvalue weighted by molar-refractivity contribution is -0.136. The molecule has 26 heavy (non-hydrogen) atoms. The Kier molecular flexibility index (Phi) is 6.85. The summed E-state index contributed by atoms with van der Waals surface area (Å²) in [5.74, 6) is -2.43.